The number of ether oxygens (including phenoxy) is 2. The highest BCUT2D eigenvalue weighted by atomic mass is 16.5. The van der Waals surface area contributed by atoms with E-state index < -0.39 is 0 Å². The molecule has 0 aromatic carbocycles. The van der Waals surface area contributed by atoms with E-state index in [1.54, 1.807) is 0 Å². The van der Waals surface area contributed by atoms with Crippen molar-refractivity contribution in [3.05, 3.63) is 11.6 Å². The van der Waals surface area contributed by atoms with Crippen LogP contribution >= 0.6 is 0 Å². The first kappa shape index (κ1) is 13.7. The van der Waals surface area contributed by atoms with Gasteiger partial charge >= 0.3 is 11.9 Å². The van der Waals surface area contributed by atoms with Crippen molar-refractivity contribution < 1.29 is 19.1 Å². The number of rotatable bonds is 1. The molecule has 0 aromatic rings. The number of hydrogen-bond donors (Lipinski definition) is 0. The summed E-state index contributed by atoms with van der Waals surface area (Å²) in [4.78, 5) is 24.1. The Morgan fingerprint density at radius 2 is 2.15 bits per heavy atom. The molecule has 0 N–H and O–H groups in total. The SMILES string of the molecule is COC(=O)C1=C[C@@H]2CC(C)(C)C[C@@]23[C@@H](C)C(=O)OC[C@@H]13. The summed E-state index contributed by atoms with van der Waals surface area (Å²) in [6.07, 6.45) is 4.04. The fourth-order valence-corrected chi connectivity index (χ4v) is 4.89. The minimum atomic E-state index is -0.272. The van der Waals surface area contributed by atoms with E-state index in [1.807, 2.05) is 6.92 Å². The molecule has 1 saturated heterocycles. The topological polar surface area (TPSA) is 52.6 Å². The first-order chi connectivity index (χ1) is 9.32. The Hall–Kier alpha value is -1.32. The third-order valence-corrected chi connectivity index (χ3v) is 5.63. The van der Waals surface area contributed by atoms with Gasteiger partial charge in [0.05, 0.1) is 19.6 Å². The van der Waals surface area contributed by atoms with Gasteiger partial charge in [0.2, 0.25) is 0 Å². The normalized spacial score (nSPS) is 41.5. The summed E-state index contributed by atoms with van der Waals surface area (Å²) in [6.45, 7) is 6.76. The maximum Gasteiger partial charge on any atom is 0.333 e. The summed E-state index contributed by atoms with van der Waals surface area (Å²) in [5.74, 6) is -0.282. The van der Waals surface area contributed by atoms with E-state index >= 15 is 0 Å². The van der Waals surface area contributed by atoms with Crippen molar-refractivity contribution >= 4 is 11.9 Å². The van der Waals surface area contributed by atoms with Gasteiger partial charge in [0.15, 0.2) is 0 Å². The standard InChI is InChI=1S/C16H22O4/c1-9-13(17)20-7-12-11(14(18)19-4)5-10-6-15(2,3)8-16(9,10)12/h5,9-10,12H,6-8H2,1-4H3/t9-,10+,12-,16+/m0/s1. The van der Waals surface area contributed by atoms with Crippen molar-refractivity contribution in [3.63, 3.8) is 0 Å². The Labute approximate surface area is 119 Å². The molecule has 0 radical (unpaired) electrons. The molecular formula is C16H22O4. The highest BCUT2D eigenvalue weighted by molar-refractivity contribution is 5.91. The second kappa shape index (κ2) is 4.09. The van der Waals surface area contributed by atoms with Crippen LogP contribution in [0.2, 0.25) is 0 Å². The van der Waals surface area contributed by atoms with E-state index in [0.29, 0.717) is 12.2 Å². The predicted octanol–water partition coefficient (Wildman–Crippen LogP) is 2.33. The highest BCUT2D eigenvalue weighted by Crippen LogP contribution is 2.66. The monoisotopic (exact) mass is 278 g/mol. The van der Waals surface area contributed by atoms with Crippen molar-refractivity contribution in [2.24, 2.45) is 28.6 Å². The van der Waals surface area contributed by atoms with Gasteiger partial charge in [-0.05, 0) is 24.2 Å². The van der Waals surface area contributed by atoms with Crippen LogP contribution in [0.25, 0.3) is 0 Å². The second-order valence-electron chi connectivity index (χ2n) is 7.28. The van der Waals surface area contributed by atoms with Crippen LogP contribution < -0.4 is 0 Å². The Kier molecular flexibility index (Phi) is 2.79. The molecule has 2 fully saturated rings. The molecule has 3 aliphatic rings. The van der Waals surface area contributed by atoms with Gasteiger partial charge in [0, 0.05) is 16.9 Å². The average Bonchev–Trinajstić information content (AvgIpc) is 2.81. The van der Waals surface area contributed by atoms with Crippen LogP contribution in [0.15, 0.2) is 11.6 Å². The molecular weight excluding hydrogens is 256 g/mol. The molecule has 110 valence electrons. The summed E-state index contributed by atoms with van der Waals surface area (Å²) in [7, 11) is 1.41. The molecule has 1 saturated carbocycles. The van der Waals surface area contributed by atoms with Gasteiger partial charge in [-0.3, -0.25) is 4.79 Å². The summed E-state index contributed by atoms with van der Waals surface area (Å²) in [5, 5.41) is 0. The first-order valence-corrected chi connectivity index (χ1v) is 7.28. The van der Waals surface area contributed by atoms with Gasteiger partial charge in [-0.25, -0.2) is 4.79 Å². The molecule has 4 nitrogen and oxygen atoms in total. The third-order valence-electron chi connectivity index (χ3n) is 5.63. The van der Waals surface area contributed by atoms with Crippen molar-refractivity contribution in [3.8, 4) is 0 Å². The summed E-state index contributed by atoms with van der Waals surface area (Å²) >= 11 is 0. The molecule has 1 spiro atoms. The lowest BCUT2D eigenvalue weighted by molar-refractivity contribution is -0.169. The van der Waals surface area contributed by atoms with Gasteiger partial charge in [0.1, 0.15) is 0 Å². The zero-order valence-electron chi connectivity index (χ0n) is 12.6. The van der Waals surface area contributed by atoms with Gasteiger partial charge in [-0.15, -0.1) is 0 Å². The lowest BCUT2D eigenvalue weighted by Gasteiger charge is -2.45. The molecule has 1 heterocycles. The lowest BCUT2D eigenvalue weighted by Crippen LogP contribution is -2.48. The number of cyclic esters (lactones) is 1. The quantitative estimate of drug-likeness (QED) is 0.691. The van der Waals surface area contributed by atoms with Crippen molar-refractivity contribution in [1.29, 1.82) is 0 Å². The van der Waals surface area contributed by atoms with E-state index in [0.717, 1.165) is 12.8 Å². The molecule has 0 bridgehead atoms. The zero-order chi connectivity index (χ0) is 14.7. The van der Waals surface area contributed by atoms with Gasteiger partial charge in [-0.2, -0.15) is 0 Å². The maximum atomic E-state index is 12.1. The summed E-state index contributed by atoms with van der Waals surface area (Å²) in [5.41, 5.74) is 0.766. The summed E-state index contributed by atoms with van der Waals surface area (Å²) in [6, 6.07) is 0. The largest absolute Gasteiger partial charge is 0.466 e. The number of esters is 2. The molecule has 4 heteroatoms. The van der Waals surface area contributed by atoms with Gasteiger partial charge < -0.3 is 9.47 Å². The number of carbonyl (C=O) groups is 2. The smallest absolute Gasteiger partial charge is 0.333 e. The molecule has 2 aliphatic carbocycles. The van der Waals surface area contributed by atoms with E-state index in [4.69, 9.17) is 9.47 Å². The third kappa shape index (κ3) is 1.60. The number of carbonyl (C=O) groups excluding carboxylic acids is 2. The van der Waals surface area contributed by atoms with Crippen LogP contribution in [0.5, 0.6) is 0 Å². The van der Waals surface area contributed by atoms with Crippen LogP contribution in [-0.4, -0.2) is 25.7 Å². The lowest BCUT2D eigenvalue weighted by atomic mass is 9.61. The maximum absolute atomic E-state index is 12.1. The number of allylic oxidation sites excluding steroid dienone is 1. The van der Waals surface area contributed by atoms with Crippen molar-refractivity contribution in [2.75, 3.05) is 13.7 Å². The van der Waals surface area contributed by atoms with Crippen molar-refractivity contribution in [1.82, 2.24) is 0 Å². The predicted molar refractivity (Wildman–Crippen MR) is 72.7 cm³/mol. The molecule has 0 unspecified atom stereocenters. The average molecular weight is 278 g/mol. The molecule has 1 aliphatic heterocycles. The fourth-order valence-electron chi connectivity index (χ4n) is 4.89. The highest BCUT2D eigenvalue weighted by Gasteiger charge is 2.65. The van der Waals surface area contributed by atoms with Crippen LogP contribution in [0, 0.1) is 28.6 Å². The summed E-state index contributed by atoms with van der Waals surface area (Å²) < 4.78 is 10.2. The minimum absolute atomic E-state index is 0.00516. The minimum Gasteiger partial charge on any atom is -0.466 e. The van der Waals surface area contributed by atoms with Crippen LogP contribution in [-0.2, 0) is 19.1 Å². The Balaban J connectivity index is 2.07. The Morgan fingerprint density at radius 3 is 2.80 bits per heavy atom. The number of hydrogen-bond acceptors (Lipinski definition) is 4. The zero-order valence-corrected chi connectivity index (χ0v) is 12.6. The second-order valence-corrected chi connectivity index (χ2v) is 7.28. The fraction of sp³-hybridized carbons (Fsp3) is 0.750. The first-order valence-electron chi connectivity index (χ1n) is 7.28. The van der Waals surface area contributed by atoms with Crippen LogP contribution in [0.4, 0.5) is 0 Å². The Bertz CT molecular complexity index is 505. The van der Waals surface area contributed by atoms with Crippen molar-refractivity contribution in [2.45, 2.75) is 33.6 Å². The van der Waals surface area contributed by atoms with E-state index in [1.165, 1.54) is 7.11 Å². The van der Waals surface area contributed by atoms with E-state index in [9.17, 15) is 9.59 Å². The molecule has 0 aromatic heterocycles. The number of methoxy groups -OCH3 is 1. The molecule has 20 heavy (non-hydrogen) atoms. The molecule has 3 rings (SSSR count). The molecule has 0 amide bonds. The van der Waals surface area contributed by atoms with Crippen LogP contribution in [0.1, 0.15) is 33.6 Å². The van der Waals surface area contributed by atoms with E-state index in [2.05, 4.69) is 19.9 Å². The molecule has 4 atom stereocenters. The van der Waals surface area contributed by atoms with E-state index in [-0.39, 0.29) is 40.5 Å². The van der Waals surface area contributed by atoms with Gasteiger partial charge in [0.25, 0.3) is 0 Å². The van der Waals surface area contributed by atoms with Crippen LogP contribution in [0.3, 0.4) is 0 Å². The van der Waals surface area contributed by atoms with Gasteiger partial charge in [-0.1, -0.05) is 26.8 Å². The Morgan fingerprint density at radius 1 is 1.45 bits per heavy atom.